The Kier molecular flexibility index (Phi) is 8.47. The normalized spacial score (nSPS) is 26.0. The van der Waals surface area contributed by atoms with Crippen LogP contribution in [0.1, 0.15) is 66.2 Å². The standard InChI is InChI=1S/C22H39N3O3/c1-15(2)12-19-13-20(26)25(22(19)28)14-17-6-8-18(9-7-17)21(27)23-10-11-24(5)16(3)4/h15-19H,6-14H2,1-5H3,(H,23,27). The summed E-state index contributed by atoms with van der Waals surface area (Å²) in [7, 11) is 2.06. The molecule has 6 nitrogen and oxygen atoms in total. The van der Waals surface area contributed by atoms with Crippen LogP contribution in [0.3, 0.4) is 0 Å². The molecule has 6 heteroatoms. The molecular weight excluding hydrogens is 354 g/mol. The van der Waals surface area contributed by atoms with E-state index in [9.17, 15) is 14.4 Å². The van der Waals surface area contributed by atoms with Crippen molar-refractivity contribution in [1.82, 2.24) is 15.1 Å². The zero-order valence-electron chi connectivity index (χ0n) is 18.4. The van der Waals surface area contributed by atoms with Gasteiger partial charge in [-0.15, -0.1) is 0 Å². The maximum atomic E-state index is 12.6. The largest absolute Gasteiger partial charge is 0.355 e. The first kappa shape index (κ1) is 22.9. The molecule has 0 spiro atoms. The third-order valence-corrected chi connectivity index (χ3v) is 6.40. The lowest BCUT2D eigenvalue weighted by molar-refractivity contribution is -0.140. The maximum Gasteiger partial charge on any atom is 0.232 e. The van der Waals surface area contributed by atoms with E-state index in [1.165, 1.54) is 4.90 Å². The minimum absolute atomic E-state index is 0.00945. The Labute approximate surface area is 170 Å². The predicted molar refractivity (Wildman–Crippen MR) is 111 cm³/mol. The van der Waals surface area contributed by atoms with Crippen LogP contribution in [0.2, 0.25) is 0 Å². The molecule has 0 radical (unpaired) electrons. The topological polar surface area (TPSA) is 69.7 Å². The summed E-state index contributed by atoms with van der Waals surface area (Å²) in [6.45, 7) is 10.5. The predicted octanol–water partition coefficient (Wildman–Crippen LogP) is 2.67. The number of amides is 3. The van der Waals surface area contributed by atoms with Gasteiger partial charge in [-0.2, -0.15) is 0 Å². The second kappa shape index (κ2) is 10.4. The molecule has 1 saturated carbocycles. The number of imide groups is 1. The highest BCUT2D eigenvalue weighted by molar-refractivity contribution is 6.03. The molecule has 2 aliphatic rings. The van der Waals surface area contributed by atoms with Crippen LogP contribution in [0.15, 0.2) is 0 Å². The molecule has 1 unspecified atom stereocenters. The highest BCUT2D eigenvalue weighted by atomic mass is 16.2. The Morgan fingerprint density at radius 1 is 1.14 bits per heavy atom. The number of hydrogen-bond donors (Lipinski definition) is 1. The Bertz CT molecular complexity index is 553. The first-order valence-electron chi connectivity index (χ1n) is 11.0. The summed E-state index contributed by atoms with van der Waals surface area (Å²) in [6.07, 6.45) is 4.69. The minimum Gasteiger partial charge on any atom is -0.355 e. The van der Waals surface area contributed by atoms with Gasteiger partial charge in [0.25, 0.3) is 0 Å². The average Bonchev–Trinajstić information content (AvgIpc) is 2.88. The Morgan fingerprint density at radius 3 is 2.36 bits per heavy atom. The fraction of sp³-hybridized carbons (Fsp3) is 0.864. The maximum absolute atomic E-state index is 12.6. The molecule has 0 aromatic carbocycles. The monoisotopic (exact) mass is 393 g/mol. The van der Waals surface area contributed by atoms with Crippen LogP contribution in [0.4, 0.5) is 0 Å². The number of nitrogens with one attached hydrogen (secondary N) is 1. The summed E-state index contributed by atoms with van der Waals surface area (Å²) < 4.78 is 0. The van der Waals surface area contributed by atoms with E-state index in [4.69, 9.17) is 0 Å². The first-order valence-corrected chi connectivity index (χ1v) is 11.0. The lowest BCUT2D eigenvalue weighted by Gasteiger charge is -2.30. The van der Waals surface area contributed by atoms with Gasteiger partial charge in [-0.25, -0.2) is 0 Å². The number of carbonyl (C=O) groups excluding carboxylic acids is 3. The molecule has 2 fully saturated rings. The van der Waals surface area contributed by atoms with Crippen LogP contribution in [-0.4, -0.2) is 60.2 Å². The third kappa shape index (κ3) is 6.29. The highest BCUT2D eigenvalue weighted by Gasteiger charge is 2.40. The Hall–Kier alpha value is -1.43. The van der Waals surface area contributed by atoms with Gasteiger partial charge in [-0.3, -0.25) is 19.3 Å². The second-order valence-corrected chi connectivity index (χ2v) is 9.46. The smallest absolute Gasteiger partial charge is 0.232 e. The molecule has 3 amide bonds. The quantitative estimate of drug-likeness (QED) is 0.612. The molecule has 1 N–H and O–H groups in total. The lowest BCUT2D eigenvalue weighted by atomic mass is 9.81. The Morgan fingerprint density at radius 2 is 1.79 bits per heavy atom. The first-order chi connectivity index (χ1) is 13.2. The summed E-state index contributed by atoms with van der Waals surface area (Å²) in [5.74, 6) is 0.870. The molecule has 1 heterocycles. The molecule has 28 heavy (non-hydrogen) atoms. The fourth-order valence-corrected chi connectivity index (χ4v) is 4.32. The molecule has 1 saturated heterocycles. The molecule has 160 valence electrons. The molecule has 0 aromatic rings. The summed E-state index contributed by atoms with van der Waals surface area (Å²) >= 11 is 0. The van der Waals surface area contributed by atoms with Gasteiger partial charge < -0.3 is 10.2 Å². The van der Waals surface area contributed by atoms with Crippen LogP contribution >= 0.6 is 0 Å². The van der Waals surface area contributed by atoms with Gasteiger partial charge in [0, 0.05) is 43.9 Å². The molecule has 0 bridgehead atoms. The van der Waals surface area contributed by atoms with Crippen molar-refractivity contribution in [2.75, 3.05) is 26.7 Å². The average molecular weight is 394 g/mol. The van der Waals surface area contributed by atoms with Crippen molar-refractivity contribution in [2.45, 2.75) is 72.3 Å². The number of hydrogen-bond acceptors (Lipinski definition) is 4. The summed E-state index contributed by atoms with van der Waals surface area (Å²) in [5, 5.41) is 3.06. The summed E-state index contributed by atoms with van der Waals surface area (Å²) in [4.78, 5) is 41.0. The van der Waals surface area contributed by atoms with E-state index >= 15 is 0 Å². The van der Waals surface area contributed by atoms with Crippen molar-refractivity contribution in [3.63, 3.8) is 0 Å². The van der Waals surface area contributed by atoms with Gasteiger partial charge in [-0.05, 0) is 64.8 Å². The summed E-state index contributed by atoms with van der Waals surface area (Å²) in [6, 6.07) is 0.475. The van der Waals surface area contributed by atoms with Gasteiger partial charge in [0.05, 0.1) is 0 Å². The van der Waals surface area contributed by atoms with E-state index < -0.39 is 0 Å². The van der Waals surface area contributed by atoms with Crippen molar-refractivity contribution in [2.24, 2.45) is 23.7 Å². The number of carbonyl (C=O) groups is 3. The zero-order valence-corrected chi connectivity index (χ0v) is 18.4. The van der Waals surface area contributed by atoms with Crippen molar-refractivity contribution in [3.8, 4) is 0 Å². The molecule has 1 aliphatic carbocycles. The van der Waals surface area contributed by atoms with Gasteiger partial charge in [0.2, 0.25) is 17.7 Å². The zero-order chi connectivity index (χ0) is 20.8. The number of rotatable bonds is 9. The van der Waals surface area contributed by atoms with Gasteiger partial charge in [0.1, 0.15) is 0 Å². The number of nitrogens with zero attached hydrogens (tertiary/aromatic N) is 2. The van der Waals surface area contributed by atoms with Crippen LogP contribution in [0.5, 0.6) is 0 Å². The molecular formula is C22H39N3O3. The van der Waals surface area contributed by atoms with Crippen molar-refractivity contribution < 1.29 is 14.4 Å². The van der Waals surface area contributed by atoms with E-state index in [1.807, 2.05) is 0 Å². The van der Waals surface area contributed by atoms with E-state index in [0.29, 0.717) is 37.4 Å². The summed E-state index contributed by atoms with van der Waals surface area (Å²) in [5.41, 5.74) is 0. The van der Waals surface area contributed by atoms with E-state index in [2.05, 4.69) is 45.0 Å². The van der Waals surface area contributed by atoms with E-state index in [1.54, 1.807) is 0 Å². The number of likely N-dealkylation sites (N-methyl/N-ethyl adjacent to an activating group) is 1. The van der Waals surface area contributed by atoms with Crippen LogP contribution in [0, 0.1) is 23.7 Å². The molecule has 0 aromatic heterocycles. The Balaban J connectivity index is 1.72. The van der Waals surface area contributed by atoms with Crippen molar-refractivity contribution in [1.29, 1.82) is 0 Å². The van der Waals surface area contributed by atoms with E-state index in [0.717, 1.165) is 38.6 Å². The van der Waals surface area contributed by atoms with Gasteiger partial charge in [0.15, 0.2) is 0 Å². The third-order valence-electron chi connectivity index (χ3n) is 6.40. The van der Waals surface area contributed by atoms with Crippen LogP contribution in [0.25, 0.3) is 0 Å². The van der Waals surface area contributed by atoms with Gasteiger partial charge in [-0.1, -0.05) is 13.8 Å². The van der Waals surface area contributed by atoms with Crippen LogP contribution in [-0.2, 0) is 14.4 Å². The highest BCUT2D eigenvalue weighted by Crippen LogP contribution is 2.32. The minimum atomic E-state index is -0.126. The van der Waals surface area contributed by atoms with E-state index in [-0.39, 0.29) is 29.6 Å². The second-order valence-electron chi connectivity index (χ2n) is 9.46. The molecule has 1 atom stereocenters. The molecule has 1 aliphatic heterocycles. The van der Waals surface area contributed by atoms with Crippen molar-refractivity contribution in [3.05, 3.63) is 0 Å². The van der Waals surface area contributed by atoms with Gasteiger partial charge >= 0.3 is 0 Å². The fourth-order valence-electron chi connectivity index (χ4n) is 4.32. The van der Waals surface area contributed by atoms with Crippen LogP contribution < -0.4 is 5.32 Å². The lowest BCUT2D eigenvalue weighted by Crippen LogP contribution is -2.40. The SMILES string of the molecule is CC(C)CC1CC(=O)N(CC2CCC(C(=O)NCCN(C)C(C)C)CC2)C1=O. The molecule has 2 rings (SSSR count). The van der Waals surface area contributed by atoms with Crippen molar-refractivity contribution >= 4 is 17.7 Å². The number of likely N-dealkylation sites (tertiary alicyclic amines) is 1.